The van der Waals surface area contributed by atoms with Gasteiger partial charge in [0.1, 0.15) is 6.07 Å². The van der Waals surface area contributed by atoms with E-state index in [1.807, 2.05) is 6.07 Å². The van der Waals surface area contributed by atoms with Crippen LogP contribution in [0.25, 0.3) is 11.0 Å². The molecule has 2 aromatic rings. The van der Waals surface area contributed by atoms with Crippen molar-refractivity contribution in [2.24, 2.45) is 4.99 Å². The van der Waals surface area contributed by atoms with Crippen LogP contribution in [0.2, 0.25) is 0 Å². The van der Waals surface area contributed by atoms with Crippen LogP contribution in [0.15, 0.2) is 26.1 Å². The van der Waals surface area contributed by atoms with Gasteiger partial charge in [-0.2, -0.15) is 5.26 Å². The molecule has 1 aliphatic carbocycles. The Hall–Kier alpha value is -2.24. The van der Waals surface area contributed by atoms with Crippen molar-refractivity contribution < 1.29 is 9.21 Å². The lowest BCUT2D eigenvalue weighted by Gasteiger charge is -2.33. The second-order valence-electron chi connectivity index (χ2n) is 7.55. The average molecular weight is 444 g/mol. The number of aliphatic imine (C=N–C) groups is 1. The lowest BCUT2D eigenvalue weighted by Crippen LogP contribution is -2.43. The van der Waals surface area contributed by atoms with Crippen molar-refractivity contribution in [1.29, 1.82) is 5.26 Å². The first-order chi connectivity index (χ1) is 13.5. The Morgan fingerprint density at radius 2 is 2.18 bits per heavy atom. The maximum atomic E-state index is 11.4. The second-order valence-corrected chi connectivity index (χ2v) is 8.34. The molecule has 0 aromatic carbocycles. The summed E-state index contributed by atoms with van der Waals surface area (Å²) in [6.45, 7) is 0.911. The zero-order valence-corrected chi connectivity index (χ0v) is 17.3. The monoisotopic (exact) mass is 443 g/mol. The molecule has 1 unspecified atom stereocenters. The zero-order valence-electron chi connectivity index (χ0n) is 15.7. The zero-order chi connectivity index (χ0) is 19.7. The number of nitriles is 1. The van der Waals surface area contributed by atoms with E-state index in [0.717, 1.165) is 54.2 Å². The second kappa shape index (κ2) is 8.02. The summed E-state index contributed by atoms with van der Waals surface area (Å²) in [6, 6.07) is 4.52. The minimum atomic E-state index is 0.172. The Balaban J connectivity index is 1.40. The van der Waals surface area contributed by atoms with Gasteiger partial charge >= 0.3 is 0 Å². The van der Waals surface area contributed by atoms with Gasteiger partial charge in [0.2, 0.25) is 11.7 Å². The Bertz CT molecular complexity index is 967. The van der Waals surface area contributed by atoms with Crippen LogP contribution < -0.4 is 5.32 Å². The summed E-state index contributed by atoms with van der Waals surface area (Å²) in [4.78, 5) is 22.9. The minimum absolute atomic E-state index is 0.172. The molecular formula is C20H22BrN5O2. The van der Waals surface area contributed by atoms with Gasteiger partial charge in [-0.15, -0.1) is 0 Å². The minimum Gasteiger partial charge on any atom is -0.444 e. The molecule has 2 fully saturated rings. The molecule has 3 heterocycles. The van der Waals surface area contributed by atoms with Gasteiger partial charge in [-0.3, -0.25) is 4.79 Å². The van der Waals surface area contributed by atoms with Crippen LogP contribution in [-0.2, 0) is 4.79 Å². The summed E-state index contributed by atoms with van der Waals surface area (Å²) >= 11 is 3.56. The normalized spacial score (nSPS) is 22.5. The Morgan fingerprint density at radius 3 is 2.86 bits per heavy atom. The lowest BCUT2D eigenvalue weighted by molar-refractivity contribution is -0.119. The number of carbonyl (C=O) groups excluding carboxylic acids is 1. The highest BCUT2D eigenvalue weighted by molar-refractivity contribution is 9.10. The number of fused-ring (bicyclic) bond motifs is 1. The number of carbonyl (C=O) groups is 1. The Kier molecular flexibility index (Phi) is 5.47. The van der Waals surface area contributed by atoms with E-state index < -0.39 is 0 Å². The first-order valence-electron chi connectivity index (χ1n) is 9.57. The Morgan fingerprint density at radius 1 is 1.39 bits per heavy atom. The summed E-state index contributed by atoms with van der Waals surface area (Å²) in [5, 5.41) is 12.9. The third-order valence-corrected chi connectivity index (χ3v) is 6.40. The fourth-order valence-electron chi connectivity index (χ4n) is 4.05. The van der Waals surface area contributed by atoms with Crippen LogP contribution in [0, 0.1) is 11.3 Å². The predicted octanol–water partition coefficient (Wildman–Crippen LogP) is 3.69. The van der Waals surface area contributed by atoms with Crippen LogP contribution in [0.5, 0.6) is 0 Å². The molecule has 1 saturated heterocycles. The average Bonchev–Trinajstić information content (AvgIpc) is 3.30. The maximum Gasteiger partial charge on any atom is 0.220 e. The molecule has 8 heteroatoms. The molecule has 0 spiro atoms. The third kappa shape index (κ3) is 3.96. The van der Waals surface area contributed by atoms with Crippen molar-refractivity contribution >= 4 is 44.3 Å². The highest BCUT2D eigenvalue weighted by atomic mass is 79.9. The number of hydrogen-bond acceptors (Lipinski definition) is 6. The van der Waals surface area contributed by atoms with Crippen molar-refractivity contribution in [2.45, 2.75) is 50.6 Å². The number of hydrogen-bond donors (Lipinski definition) is 1. The fourth-order valence-corrected chi connectivity index (χ4v) is 4.55. The highest BCUT2D eigenvalue weighted by Gasteiger charge is 2.27. The number of pyridine rings is 1. The van der Waals surface area contributed by atoms with E-state index >= 15 is 0 Å². The largest absolute Gasteiger partial charge is 0.444 e. The number of rotatable bonds is 4. The first kappa shape index (κ1) is 19.1. The molecule has 7 nitrogen and oxygen atoms in total. The van der Waals surface area contributed by atoms with Crippen LogP contribution in [0.3, 0.4) is 0 Å². The van der Waals surface area contributed by atoms with E-state index in [-0.39, 0.29) is 17.7 Å². The number of nitrogens with one attached hydrogen (secondary N) is 1. The van der Waals surface area contributed by atoms with Gasteiger partial charge in [-0.25, -0.2) is 9.98 Å². The summed E-state index contributed by atoms with van der Waals surface area (Å²) in [7, 11) is 2.15. The number of furan rings is 1. The SMILES string of the molecule is CN(CC1CCC(=O)N1)C1CCC(=Nc2ncc3oc(C#N)cc3c2Br)CC1. The number of halogens is 1. The number of likely N-dealkylation sites (N-methyl/N-ethyl adjacent to an activating group) is 1. The topological polar surface area (TPSA) is 94.5 Å². The van der Waals surface area contributed by atoms with Gasteiger partial charge in [0.15, 0.2) is 11.4 Å². The molecule has 1 saturated carbocycles. The van der Waals surface area contributed by atoms with Crippen molar-refractivity contribution in [3.63, 3.8) is 0 Å². The van der Waals surface area contributed by atoms with Crippen LogP contribution in [-0.4, -0.2) is 47.2 Å². The number of aromatic nitrogens is 1. The van der Waals surface area contributed by atoms with Crippen molar-refractivity contribution in [3.05, 3.63) is 22.5 Å². The summed E-state index contributed by atoms with van der Waals surface area (Å²) < 4.78 is 6.17. The molecule has 146 valence electrons. The smallest absolute Gasteiger partial charge is 0.220 e. The molecule has 4 rings (SSSR count). The fraction of sp³-hybridized carbons (Fsp3) is 0.500. The highest BCUT2D eigenvalue weighted by Crippen LogP contribution is 2.34. The van der Waals surface area contributed by atoms with Crippen LogP contribution in [0.4, 0.5) is 5.82 Å². The summed E-state index contributed by atoms with van der Waals surface area (Å²) in [5.74, 6) is 1.07. The van der Waals surface area contributed by atoms with E-state index in [1.54, 1.807) is 12.3 Å². The third-order valence-electron chi connectivity index (χ3n) is 5.62. The van der Waals surface area contributed by atoms with E-state index in [9.17, 15) is 4.79 Å². The van der Waals surface area contributed by atoms with Gasteiger partial charge in [-0.1, -0.05) is 0 Å². The molecule has 1 N–H and O–H groups in total. The standard InChI is InChI=1S/C20H22BrN5O2/c1-26(11-13-4-7-18(27)24-13)14-5-2-12(3-6-14)25-20-19(21)16-8-15(9-22)28-17(16)10-23-20/h8,10,13-14H,2-7,11H2,1H3,(H,24,27). The molecule has 1 amide bonds. The van der Waals surface area contributed by atoms with Crippen LogP contribution >= 0.6 is 15.9 Å². The van der Waals surface area contributed by atoms with E-state index in [1.165, 1.54) is 0 Å². The summed E-state index contributed by atoms with van der Waals surface area (Å²) in [6.07, 6.45) is 7.20. The number of nitrogens with zero attached hydrogens (tertiary/aromatic N) is 4. The number of amides is 1. The molecular weight excluding hydrogens is 422 g/mol. The van der Waals surface area contributed by atoms with Crippen molar-refractivity contribution in [2.75, 3.05) is 13.6 Å². The van der Waals surface area contributed by atoms with Crippen LogP contribution in [0.1, 0.15) is 44.3 Å². The van der Waals surface area contributed by atoms with Gasteiger partial charge in [0.25, 0.3) is 0 Å². The van der Waals surface area contributed by atoms with Gasteiger partial charge in [0, 0.05) is 42.2 Å². The lowest BCUT2D eigenvalue weighted by atomic mass is 9.92. The molecule has 28 heavy (non-hydrogen) atoms. The molecule has 1 atom stereocenters. The molecule has 0 bridgehead atoms. The first-order valence-corrected chi connectivity index (χ1v) is 10.4. The van der Waals surface area contributed by atoms with Gasteiger partial charge in [-0.05, 0) is 55.1 Å². The van der Waals surface area contributed by atoms with E-state index in [4.69, 9.17) is 14.7 Å². The molecule has 2 aromatic heterocycles. The Labute approximate surface area is 171 Å². The molecule has 1 aliphatic heterocycles. The maximum absolute atomic E-state index is 11.4. The van der Waals surface area contributed by atoms with Crippen molar-refractivity contribution in [3.8, 4) is 6.07 Å². The molecule has 2 aliphatic rings. The van der Waals surface area contributed by atoms with Gasteiger partial charge < -0.3 is 14.6 Å². The van der Waals surface area contributed by atoms with Crippen molar-refractivity contribution in [1.82, 2.24) is 15.2 Å². The summed E-state index contributed by atoms with van der Waals surface area (Å²) in [5.41, 5.74) is 1.73. The van der Waals surface area contributed by atoms with E-state index in [2.05, 4.69) is 38.2 Å². The van der Waals surface area contributed by atoms with E-state index in [0.29, 0.717) is 23.9 Å². The quantitative estimate of drug-likeness (QED) is 0.777. The predicted molar refractivity (Wildman–Crippen MR) is 110 cm³/mol. The van der Waals surface area contributed by atoms with Gasteiger partial charge in [0.05, 0.1) is 10.7 Å². The molecule has 0 radical (unpaired) electrons.